The van der Waals surface area contributed by atoms with Crippen molar-refractivity contribution in [1.29, 1.82) is 0 Å². The molecule has 0 atom stereocenters. The second-order valence-corrected chi connectivity index (χ2v) is 7.46. The van der Waals surface area contributed by atoms with E-state index in [2.05, 4.69) is 0 Å². The fourth-order valence-corrected chi connectivity index (χ4v) is 4.08. The van der Waals surface area contributed by atoms with Gasteiger partial charge in [-0.25, -0.2) is 8.42 Å². The van der Waals surface area contributed by atoms with Crippen molar-refractivity contribution in [1.82, 2.24) is 4.31 Å². The number of aliphatic hydroxyl groups is 1. The van der Waals surface area contributed by atoms with Gasteiger partial charge in [0.05, 0.1) is 4.90 Å². The van der Waals surface area contributed by atoms with Gasteiger partial charge in [0.2, 0.25) is 10.0 Å². The first-order chi connectivity index (χ1) is 9.71. The summed E-state index contributed by atoms with van der Waals surface area (Å²) in [5.41, 5.74) is 7.00. The van der Waals surface area contributed by atoms with Crippen LogP contribution in [0.1, 0.15) is 31.4 Å². The number of benzene rings is 1. The topological polar surface area (TPSA) is 83.6 Å². The van der Waals surface area contributed by atoms with Crippen LogP contribution in [-0.2, 0) is 10.0 Å². The maximum absolute atomic E-state index is 12.7. The Balaban J connectivity index is 3.22. The van der Waals surface area contributed by atoms with Gasteiger partial charge in [-0.1, -0.05) is 18.3 Å². The maximum Gasteiger partial charge on any atom is 0.243 e. The van der Waals surface area contributed by atoms with Crippen molar-refractivity contribution in [2.24, 2.45) is 5.73 Å². The molecule has 21 heavy (non-hydrogen) atoms. The molecule has 0 radical (unpaired) electrons. The molecule has 0 bridgehead atoms. The van der Waals surface area contributed by atoms with Crippen LogP contribution in [0, 0.1) is 6.92 Å². The minimum absolute atomic E-state index is 0.0435. The fourth-order valence-electron chi connectivity index (χ4n) is 2.09. The lowest BCUT2D eigenvalue weighted by Gasteiger charge is -2.26. The maximum atomic E-state index is 12.7. The van der Waals surface area contributed by atoms with E-state index in [-0.39, 0.29) is 29.1 Å². The monoisotopic (exact) mass is 330 g/mol. The molecular weight excluding hydrogens is 308 g/mol. The quantitative estimate of drug-likeness (QED) is 0.739. The van der Waals surface area contributed by atoms with E-state index in [0.717, 1.165) is 5.56 Å². The molecule has 5 nitrogen and oxygen atoms in total. The van der Waals surface area contributed by atoms with Gasteiger partial charge >= 0.3 is 0 Å². The van der Waals surface area contributed by atoms with E-state index in [1.807, 2.05) is 13.8 Å². The van der Waals surface area contributed by atoms with Crippen LogP contribution in [0.25, 0.3) is 0 Å². The summed E-state index contributed by atoms with van der Waals surface area (Å²) in [6.45, 7) is 5.64. The van der Waals surface area contributed by atoms with Crippen LogP contribution in [-0.4, -0.2) is 42.0 Å². The van der Waals surface area contributed by atoms with Crippen LogP contribution in [0.4, 0.5) is 0 Å². The number of hydrogen-bond acceptors (Lipinski definition) is 4. The summed E-state index contributed by atoms with van der Waals surface area (Å²) in [4.78, 5) is 0.462. The van der Waals surface area contributed by atoms with Crippen molar-refractivity contribution in [2.75, 3.05) is 13.2 Å². The molecule has 0 aromatic heterocycles. The van der Waals surface area contributed by atoms with Gasteiger partial charge in [-0.3, -0.25) is 0 Å². The Morgan fingerprint density at radius 2 is 2.05 bits per heavy atom. The number of aryl methyl sites for hydroxylation is 1. The lowest BCUT2D eigenvalue weighted by Crippen LogP contribution is -2.38. The summed E-state index contributed by atoms with van der Waals surface area (Å²) >= 11 is 4.93. The first-order valence-electron chi connectivity index (χ1n) is 6.75. The van der Waals surface area contributed by atoms with E-state index >= 15 is 0 Å². The van der Waals surface area contributed by atoms with Gasteiger partial charge in [-0.05, 0) is 44.9 Å². The predicted octanol–water partition coefficient (Wildman–Crippen LogP) is 1.41. The van der Waals surface area contributed by atoms with Gasteiger partial charge in [-0.15, -0.1) is 0 Å². The van der Waals surface area contributed by atoms with E-state index in [4.69, 9.17) is 23.1 Å². The van der Waals surface area contributed by atoms with Crippen LogP contribution in [0.15, 0.2) is 23.1 Å². The van der Waals surface area contributed by atoms with Gasteiger partial charge < -0.3 is 10.8 Å². The van der Waals surface area contributed by atoms with Crippen LogP contribution in [0.2, 0.25) is 0 Å². The van der Waals surface area contributed by atoms with Crippen molar-refractivity contribution < 1.29 is 13.5 Å². The van der Waals surface area contributed by atoms with Crippen LogP contribution < -0.4 is 5.73 Å². The average Bonchev–Trinajstić information content (AvgIpc) is 2.37. The Kier molecular flexibility index (Phi) is 6.27. The molecule has 0 unspecified atom stereocenters. The van der Waals surface area contributed by atoms with E-state index in [0.29, 0.717) is 12.0 Å². The molecule has 118 valence electrons. The molecule has 0 aliphatic heterocycles. The zero-order valence-corrected chi connectivity index (χ0v) is 14.2. The molecule has 0 fully saturated rings. The normalized spacial score (nSPS) is 12.1. The summed E-state index contributed by atoms with van der Waals surface area (Å²) in [5, 5.41) is 8.93. The standard InChI is InChI=1S/C14H22N2O3S2/c1-10(2)16(7-4-8-17)21(18,19)12-5-6-13(14(15)20)11(3)9-12/h5-6,9-10,17H,4,7-8H2,1-3H3,(H2,15,20). The lowest BCUT2D eigenvalue weighted by molar-refractivity contribution is 0.258. The molecule has 3 N–H and O–H groups in total. The first kappa shape index (κ1) is 18.0. The van der Waals surface area contributed by atoms with Gasteiger partial charge in [-0.2, -0.15) is 4.31 Å². The second-order valence-electron chi connectivity index (χ2n) is 5.13. The summed E-state index contributed by atoms with van der Waals surface area (Å²) in [5.74, 6) is 0. The van der Waals surface area contributed by atoms with E-state index in [1.165, 1.54) is 10.4 Å². The average molecular weight is 330 g/mol. The number of nitrogens with two attached hydrogens (primary N) is 1. The van der Waals surface area contributed by atoms with Gasteiger partial charge in [0.15, 0.2) is 0 Å². The smallest absolute Gasteiger partial charge is 0.243 e. The Hall–Kier alpha value is -1.02. The first-order valence-corrected chi connectivity index (χ1v) is 8.59. The van der Waals surface area contributed by atoms with Crippen LogP contribution in [0.5, 0.6) is 0 Å². The highest BCUT2D eigenvalue weighted by Crippen LogP contribution is 2.21. The molecule has 7 heteroatoms. The summed E-state index contributed by atoms with van der Waals surface area (Å²) in [6.07, 6.45) is 0.404. The minimum atomic E-state index is -3.60. The number of rotatable bonds is 7. The Bertz CT molecular complexity index is 613. The Morgan fingerprint density at radius 1 is 1.43 bits per heavy atom. The third kappa shape index (κ3) is 4.23. The predicted molar refractivity (Wildman–Crippen MR) is 87.8 cm³/mol. The molecule has 0 spiro atoms. The van der Waals surface area contributed by atoms with E-state index < -0.39 is 10.0 Å². The van der Waals surface area contributed by atoms with Gasteiger partial charge in [0.1, 0.15) is 4.99 Å². The molecule has 1 aromatic carbocycles. The lowest BCUT2D eigenvalue weighted by atomic mass is 10.1. The molecule has 0 aliphatic rings. The number of hydrogen-bond donors (Lipinski definition) is 2. The molecule has 0 amide bonds. The van der Waals surface area contributed by atoms with Crippen molar-refractivity contribution >= 4 is 27.2 Å². The molecule has 0 saturated carbocycles. The highest BCUT2D eigenvalue weighted by atomic mass is 32.2. The van der Waals surface area contributed by atoms with Crippen LogP contribution >= 0.6 is 12.2 Å². The number of sulfonamides is 1. The van der Waals surface area contributed by atoms with Crippen molar-refractivity contribution in [3.63, 3.8) is 0 Å². The van der Waals surface area contributed by atoms with Crippen molar-refractivity contribution in [2.45, 2.75) is 38.1 Å². The Morgan fingerprint density at radius 3 is 2.48 bits per heavy atom. The molecule has 1 rings (SSSR count). The summed E-state index contributed by atoms with van der Waals surface area (Å²) in [7, 11) is -3.60. The van der Waals surface area contributed by atoms with Crippen molar-refractivity contribution in [3.05, 3.63) is 29.3 Å². The Labute approximate surface area is 131 Å². The third-order valence-corrected chi connectivity index (χ3v) is 5.47. The molecule has 1 aromatic rings. The third-order valence-electron chi connectivity index (χ3n) is 3.18. The number of thiocarbonyl (C=S) groups is 1. The highest BCUT2D eigenvalue weighted by Gasteiger charge is 2.26. The fraction of sp³-hybridized carbons (Fsp3) is 0.500. The molecule has 0 heterocycles. The second kappa shape index (κ2) is 7.31. The van der Waals surface area contributed by atoms with Crippen LogP contribution in [0.3, 0.4) is 0 Å². The zero-order valence-electron chi connectivity index (χ0n) is 12.5. The number of aliphatic hydroxyl groups excluding tert-OH is 1. The largest absolute Gasteiger partial charge is 0.396 e. The molecule has 0 saturated heterocycles. The van der Waals surface area contributed by atoms with E-state index in [1.54, 1.807) is 19.1 Å². The summed E-state index contributed by atoms with van der Waals surface area (Å²) < 4.78 is 26.8. The molecular formula is C14H22N2O3S2. The summed E-state index contributed by atoms with van der Waals surface area (Å²) in [6, 6.07) is 4.55. The zero-order chi connectivity index (χ0) is 16.2. The highest BCUT2D eigenvalue weighted by molar-refractivity contribution is 7.89. The SMILES string of the molecule is Cc1cc(S(=O)(=O)N(CCCO)C(C)C)ccc1C(N)=S. The minimum Gasteiger partial charge on any atom is -0.396 e. The number of nitrogens with zero attached hydrogens (tertiary/aromatic N) is 1. The van der Waals surface area contributed by atoms with Gasteiger partial charge in [0, 0.05) is 24.8 Å². The van der Waals surface area contributed by atoms with Crippen molar-refractivity contribution in [3.8, 4) is 0 Å². The molecule has 0 aliphatic carbocycles. The van der Waals surface area contributed by atoms with Gasteiger partial charge in [0.25, 0.3) is 0 Å². The van der Waals surface area contributed by atoms with E-state index in [9.17, 15) is 8.42 Å².